The number of carbonyl (C=O) groups excluding carboxylic acids is 2. The smallest absolute Gasteiger partial charge is 0.323 e. The number of fused-ring (bicyclic) bond motifs is 1. The predicted molar refractivity (Wildman–Crippen MR) is 130 cm³/mol. The summed E-state index contributed by atoms with van der Waals surface area (Å²) in [5.41, 5.74) is 1.60. The first kappa shape index (κ1) is 25.5. The number of rotatable bonds is 6. The van der Waals surface area contributed by atoms with Crippen LogP contribution in [0.25, 0.3) is 0 Å². The number of hydrogen-bond acceptors (Lipinski definition) is 5. The fraction of sp³-hybridized carbons (Fsp3) is 0.440. The van der Waals surface area contributed by atoms with Crippen LogP contribution >= 0.6 is 0 Å². The Balaban J connectivity index is 1.85. The minimum atomic E-state index is -0.489. The van der Waals surface area contributed by atoms with Crippen molar-refractivity contribution in [2.75, 3.05) is 44.4 Å². The zero-order chi connectivity index (χ0) is 24.8. The predicted octanol–water partition coefficient (Wildman–Crippen LogP) is 3.18. The molecular formula is C25H33FN4O4. The number of halogens is 1. The lowest BCUT2D eigenvalue weighted by molar-refractivity contribution is -0.134. The van der Waals surface area contributed by atoms with Crippen LogP contribution in [0.15, 0.2) is 42.5 Å². The van der Waals surface area contributed by atoms with Crippen LogP contribution in [0.3, 0.4) is 0 Å². The third-order valence-corrected chi connectivity index (χ3v) is 5.82. The molecule has 8 nitrogen and oxygen atoms in total. The molecule has 2 aromatic carbocycles. The highest BCUT2D eigenvalue weighted by Gasteiger charge is 2.30. The SMILES string of the molecule is C[C@H]1CN([C@@H](C)CO)C(=O)Cc2cc(NC(=O)Nc3ccc(F)cc3)ccc2O[C@@H]1CN(C)C. The number of amides is 3. The van der Waals surface area contributed by atoms with Crippen molar-refractivity contribution in [3.8, 4) is 5.75 Å². The van der Waals surface area contributed by atoms with Crippen molar-refractivity contribution >= 4 is 23.3 Å². The zero-order valence-electron chi connectivity index (χ0n) is 20.0. The van der Waals surface area contributed by atoms with E-state index in [0.717, 1.165) is 0 Å². The monoisotopic (exact) mass is 472 g/mol. The minimum Gasteiger partial charge on any atom is -0.488 e. The van der Waals surface area contributed by atoms with Gasteiger partial charge < -0.3 is 30.3 Å². The number of urea groups is 1. The van der Waals surface area contributed by atoms with E-state index in [0.29, 0.717) is 35.8 Å². The summed E-state index contributed by atoms with van der Waals surface area (Å²) in [6.07, 6.45) is -0.0930. The summed E-state index contributed by atoms with van der Waals surface area (Å²) >= 11 is 0. The number of nitrogens with zero attached hydrogens (tertiary/aromatic N) is 2. The molecule has 0 aliphatic carbocycles. The first-order valence-corrected chi connectivity index (χ1v) is 11.3. The first-order chi connectivity index (χ1) is 16.2. The molecule has 0 saturated carbocycles. The molecule has 9 heteroatoms. The lowest BCUT2D eigenvalue weighted by Gasteiger charge is -2.33. The van der Waals surface area contributed by atoms with E-state index in [9.17, 15) is 19.1 Å². The summed E-state index contributed by atoms with van der Waals surface area (Å²) in [5.74, 6) is 0.122. The average Bonchev–Trinajstić information content (AvgIpc) is 2.82. The lowest BCUT2D eigenvalue weighted by Crippen LogP contribution is -2.47. The lowest BCUT2D eigenvalue weighted by atomic mass is 10.0. The van der Waals surface area contributed by atoms with Gasteiger partial charge in [-0.3, -0.25) is 4.79 Å². The van der Waals surface area contributed by atoms with Crippen molar-refractivity contribution in [3.05, 3.63) is 53.8 Å². The summed E-state index contributed by atoms with van der Waals surface area (Å²) in [5, 5.41) is 15.1. The zero-order valence-corrected chi connectivity index (χ0v) is 20.0. The fourth-order valence-electron chi connectivity index (χ4n) is 3.91. The first-order valence-electron chi connectivity index (χ1n) is 11.3. The molecular weight excluding hydrogens is 439 g/mol. The Morgan fingerprint density at radius 1 is 1.21 bits per heavy atom. The molecule has 0 fully saturated rings. The van der Waals surface area contributed by atoms with E-state index in [-0.39, 0.29) is 42.8 Å². The second-order valence-corrected chi connectivity index (χ2v) is 9.06. The third kappa shape index (κ3) is 6.68. The van der Waals surface area contributed by atoms with Crippen molar-refractivity contribution < 1.29 is 23.8 Å². The van der Waals surface area contributed by atoms with E-state index in [2.05, 4.69) is 10.6 Å². The van der Waals surface area contributed by atoms with E-state index in [1.165, 1.54) is 24.3 Å². The van der Waals surface area contributed by atoms with Crippen LogP contribution in [-0.4, -0.2) is 72.8 Å². The summed E-state index contributed by atoms with van der Waals surface area (Å²) in [6, 6.07) is 9.85. The molecule has 2 aromatic rings. The van der Waals surface area contributed by atoms with E-state index >= 15 is 0 Å². The summed E-state index contributed by atoms with van der Waals surface area (Å²) in [6.45, 7) is 4.87. The third-order valence-electron chi connectivity index (χ3n) is 5.82. The Bertz CT molecular complexity index is 999. The van der Waals surface area contributed by atoms with Crippen LogP contribution in [-0.2, 0) is 11.2 Å². The van der Waals surface area contributed by atoms with E-state index in [1.807, 2.05) is 32.8 Å². The van der Waals surface area contributed by atoms with Crippen LogP contribution < -0.4 is 15.4 Å². The number of likely N-dealkylation sites (N-methyl/N-ethyl adjacent to an activating group) is 1. The molecule has 0 spiro atoms. The van der Waals surface area contributed by atoms with Gasteiger partial charge in [0.15, 0.2) is 0 Å². The van der Waals surface area contributed by atoms with E-state index < -0.39 is 6.03 Å². The van der Waals surface area contributed by atoms with Crippen LogP contribution in [0.1, 0.15) is 19.4 Å². The van der Waals surface area contributed by atoms with Crippen molar-refractivity contribution in [1.29, 1.82) is 0 Å². The number of anilines is 2. The molecule has 1 heterocycles. The number of ether oxygens (including phenoxy) is 1. The van der Waals surface area contributed by atoms with Gasteiger partial charge in [0.05, 0.1) is 19.1 Å². The Morgan fingerprint density at radius 3 is 2.50 bits per heavy atom. The molecule has 0 aromatic heterocycles. The number of carbonyl (C=O) groups is 2. The molecule has 0 radical (unpaired) electrons. The van der Waals surface area contributed by atoms with Crippen LogP contribution in [0.2, 0.25) is 0 Å². The van der Waals surface area contributed by atoms with Gasteiger partial charge in [-0.2, -0.15) is 0 Å². The fourth-order valence-corrected chi connectivity index (χ4v) is 3.91. The van der Waals surface area contributed by atoms with Crippen molar-refractivity contribution in [2.45, 2.75) is 32.4 Å². The molecule has 3 atom stereocenters. The highest BCUT2D eigenvalue weighted by molar-refractivity contribution is 5.99. The number of hydrogen-bond donors (Lipinski definition) is 3. The number of benzene rings is 2. The van der Waals surface area contributed by atoms with Gasteiger partial charge in [-0.25, -0.2) is 9.18 Å². The van der Waals surface area contributed by atoms with Gasteiger partial charge in [0.25, 0.3) is 0 Å². The van der Waals surface area contributed by atoms with Gasteiger partial charge in [0, 0.05) is 35.9 Å². The normalized spacial score (nSPS) is 19.4. The van der Waals surface area contributed by atoms with Crippen LogP contribution in [0.4, 0.5) is 20.6 Å². The van der Waals surface area contributed by atoms with Gasteiger partial charge in [-0.05, 0) is 63.5 Å². The maximum atomic E-state index is 13.2. The average molecular weight is 473 g/mol. The molecule has 0 saturated heterocycles. The molecule has 3 N–H and O–H groups in total. The molecule has 3 amide bonds. The van der Waals surface area contributed by atoms with Crippen molar-refractivity contribution in [3.63, 3.8) is 0 Å². The summed E-state index contributed by atoms with van der Waals surface area (Å²) in [4.78, 5) is 29.3. The highest BCUT2D eigenvalue weighted by atomic mass is 19.1. The molecule has 0 bridgehead atoms. The van der Waals surface area contributed by atoms with Crippen LogP contribution in [0.5, 0.6) is 5.75 Å². The Hall–Kier alpha value is -3.17. The standard InChI is InChI=1S/C25H33FN4O4/c1-16-13-30(17(2)15-31)24(32)12-18-11-21(9-10-22(18)34-23(16)14-29(3)4)28-25(33)27-20-7-5-19(26)6-8-20/h5-11,16-17,23,31H,12-15H2,1-4H3,(H2,27,28,33)/t16-,17-,23+/m0/s1. The molecule has 34 heavy (non-hydrogen) atoms. The van der Waals surface area contributed by atoms with Gasteiger partial charge in [0.2, 0.25) is 5.91 Å². The molecule has 0 unspecified atom stereocenters. The van der Waals surface area contributed by atoms with Crippen molar-refractivity contribution in [1.82, 2.24) is 9.80 Å². The Morgan fingerprint density at radius 2 is 1.85 bits per heavy atom. The van der Waals surface area contributed by atoms with Gasteiger partial charge in [-0.15, -0.1) is 0 Å². The maximum Gasteiger partial charge on any atom is 0.323 e. The van der Waals surface area contributed by atoms with Gasteiger partial charge >= 0.3 is 6.03 Å². The minimum absolute atomic E-state index is 0.0330. The molecule has 3 rings (SSSR count). The Labute approximate surface area is 199 Å². The van der Waals surface area contributed by atoms with Crippen LogP contribution in [0, 0.1) is 11.7 Å². The molecule has 1 aliphatic rings. The second-order valence-electron chi connectivity index (χ2n) is 9.06. The molecule has 1 aliphatic heterocycles. The summed E-state index contributed by atoms with van der Waals surface area (Å²) < 4.78 is 19.5. The number of nitrogens with one attached hydrogen (secondary N) is 2. The maximum absolute atomic E-state index is 13.2. The number of aliphatic hydroxyl groups is 1. The number of aliphatic hydroxyl groups excluding tert-OH is 1. The largest absolute Gasteiger partial charge is 0.488 e. The van der Waals surface area contributed by atoms with E-state index in [1.54, 1.807) is 23.1 Å². The molecule has 184 valence electrons. The quantitative estimate of drug-likeness (QED) is 0.601. The van der Waals surface area contributed by atoms with Gasteiger partial charge in [-0.1, -0.05) is 6.92 Å². The van der Waals surface area contributed by atoms with Crippen molar-refractivity contribution in [2.24, 2.45) is 5.92 Å². The second kappa shape index (κ2) is 11.3. The topological polar surface area (TPSA) is 94.1 Å². The summed E-state index contributed by atoms with van der Waals surface area (Å²) in [7, 11) is 3.94. The Kier molecular flexibility index (Phi) is 8.46. The highest BCUT2D eigenvalue weighted by Crippen LogP contribution is 2.29. The van der Waals surface area contributed by atoms with Gasteiger partial charge in [0.1, 0.15) is 17.7 Å². The van der Waals surface area contributed by atoms with E-state index in [4.69, 9.17) is 4.74 Å².